The molecule has 9 nitrogen and oxygen atoms in total. The van der Waals surface area contributed by atoms with Crippen LogP contribution in [0.4, 0.5) is 0 Å². The van der Waals surface area contributed by atoms with Gasteiger partial charge in [-0.2, -0.15) is 0 Å². The minimum absolute atomic E-state index is 0.183. The molecule has 0 bridgehead atoms. The number of hydrogen-bond acceptors (Lipinski definition) is 7. The van der Waals surface area contributed by atoms with Crippen molar-refractivity contribution in [2.24, 2.45) is 0 Å². The number of carbonyl (C=O) groups is 3. The van der Waals surface area contributed by atoms with Gasteiger partial charge in [0, 0.05) is 12.8 Å². The molecule has 0 spiro atoms. The molecule has 0 aromatic carbocycles. The molecule has 1 N–H and O–H groups in total. The molecule has 0 rings (SSSR count). The van der Waals surface area contributed by atoms with E-state index in [0.29, 0.717) is 23.9 Å². The standard InChI is InChI=1S/C65H111NO8/c1-6-8-10-12-14-16-18-20-21-22-23-24-25-26-27-28-29-30-31-32-33-34-35-36-37-38-39-40-41-42-43-44-46-48-50-52-54-56-63(68)74-61(60-73-65(64(69)70)71-58-57-66(3,4)5)59-72-62(67)55-53-51-49-47-45-19-17-15-13-11-9-7-2/h8,10,14,16,20-21,23-24,26-27,29-30,32-33,35-36,61,65H,6-7,9,11-13,15,17-19,22,25,28,31,34,37-60H2,1-5H3/p+1/b10-8-,16-14-,21-20-,24-23-,27-26-,30-29-,33-32-,36-35-. The molecular formula is C65H112NO8+. The maximum atomic E-state index is 12.9. The third kappa shape index (κ3) is 55.9. The highest BCUT2D eigenvalue weighted by molar-refractivity contribution is 5.71. The molecule has 74 heavy (non-hydrogen) atoms. The third-order valence-electron chi connectivity index (χ3n) is 12.6. The summed E-state index contributed by atoms with van der Waals surface area (Å²) in [6, 6.07) is 0. The van der Waals surface area contributed by atoms with Crippen LogP contribution in [0, 0.1) is 0 Å². The van der Waals surface area contributed by atoms with Crippen LogP contribution in [0.1, 0.15) is 239 Å². The maximum absolute atomic E-state index is 12.9. The minimum atomic E-state index is -1.51. The molecule has 0 saturated heterocycles. The van der Waals surface area contributed by atoms with Crippen molar-refractivity contribution in [3.05, 3.63) is 97.2 Å². The van der Waals surface area contributed by atoms with Gasteiger partial charge in [0.05, 0.1) is 34.4 Å². The number of likely N-dealkylation sites (N-methyl/N-ethyl adjacent to an activating group) is 1. The Labute approximate surface area is 454 Å². The molecule has 0 aromatic heterocycles. The number of hydrogen-bond donors (Lipinski definition) is 1. The molecule has 0 fully saturated rings. The zero-order valence-electron chi connectivity index (χ0n) is 48.2. The third-order valence-corrected chi connectivity index (χ3v) is 12.6. The van der Waals surface area contributed by atoms with Crippen LogP contribution in [0.5, 0.6) is 0 Å². The fourth-order valence-electron chi connectivity index (χ4n) is 8.03. The molecule has 0 heterocycles. The second-order valence-electron chi connectivity index (χ2n) is 20.9. The number of rotatable bonds is 54. The van der Waals surface area contributed by atoms with Crippen molar-refractivity contribution in [3.8, 4) is 0 Å². The molecule has 0 aliphatic rings. The molecule has 0 aliphatic heterocycles. The van der Waals surface area contributed by atoms with Crippen LogP contribution in [0.15, 0.2) is 97.2 Å². The summed E-state index contributed by atoms with van der Waals surface area (Å²) < 4.78 is 22.8. The van der Waals surface area contributed by atoms with Crippen molar-refractivity contribution in [1.29, 1.82) is 0 Å². The lowest BCUT2D eigenvalue weighted by atomic mass is 10.0. The number of nitrogens with zero attached hydrogens (tertiary/aromatic N) is 1. The molecule has 0 aromatic rings. The molecule has 9 heteroatoms. The van der Waals surface area contributed by atoms with E-state index in [-0.39, 0.29) is 32.2 Å². The summed E-state index contributed by atoms with van der Waals surface area (Å²) in [5, 5.41) is 9.68. The number of quaternary nitrogens is 1. The number of carbonyl (C=O) groups excluding carboxylic acids is 2. The highest BCUT2D eigenvalue weighted by Gasteiger charge is 2.25. The van der Waals surface area contributed by atoms with E-state index in [4.69, 9.17) is 18.9 Å². The van der Waals surface area contributed by atoms with Crippen LogP contribution in [0.25, 0.3) is 0 Å². The second kappa shape index (κ2) is 55.4. The Bertz CT molecular complexity index is 1530. The van der Waals surface area contributed by atoms with E-state index in [1.54, 1.807) is 0 Å². The van der Waals surface area contributed by atoms with E-state index < -0.39 is 24.3 Å². The van der Waals surface area contributed by atoms with E-state index in [0.717, 1.165) is 89.9 Å². The van der Waals surface area contributed by atoms with Gasteiger partial charge in [0.15, 0.2) is 6.10 Å². The van der Waals surface area contributed by atoms with Gasteiger partial charge in [0.2, 0.25) is 0 Å². The van der Waals surface area contributed by atoms with Crippen LogP contribution in [0.2, 0.25) is 0 Å². The Hall–Kier alpha value is -3.79. The monoisotopic (exact) mass is 1030 g/mol. The fraction of sp³-hybridized carbons (Fsp3) is 0.708. The lowest BCUT2D eigenvalue weighted by molar-refractivity contribution is -0.870. The first-order chi connectivity index (χ1) is 36.1. The van der Waals surface area contributed by atoms with E-state index in [1.165, 1.54) is 116 Å². The van der Waals surface area contributed by atoms with Crippen LogP contribution in [-0.2, 0) is 33.3 Å². The smallest absolute Gasteiger partial charge is 0.361 e. The van der Waals surface area contributed by atoms with E-state index in [1.807, 2.05) is 21.1 Å². The van der Waals surface area contributed by atoms with Gasteiger partial charge in [0.1, 0.15) is 13.2 Å². The Morgan fingerprint density at radius 1 is 0.419 bits per heavy atom. The first kappa shape index (κ1) is 70.2. The zero-order chi connectivity index (χ0) is 54.1. The van der Waals surface area contributed by atoms with Crippen molar-refractivity contribution in [2.45, 2.75) is 251 Å². The molecule has 0 amide bonds. The van der Waals surface area contributed by atoms with Crippen molar-refractivity contribution < 1.29 is 42.9 Å². The number of ether oxygens (including phenoxy) is 4. The SMILES string of the molecule is CC/C=C\C/C=C\C/C=C\C/C=C\C/C=C\C/C=C\C/C=C\C/C=C\CCCCCCCCCCCCCCC(=O)OC(COC(=O)CCCCCCCCCCCCCC)COC(OCC[N+](C)(C)C)C(=O)O. The predicted molar refractivity (Wildman–Crippen MR) is 313 cm³/mol. The summed E-state index contributed by atoms with van der Waals surface area (Å²) >= 11 is 0. The van der Waals surface area contributed by atoms with Gasteiger partial charge in [-0.05, 0) is 77.0 Å². The summed E-state index contributed by atoms with van der Waals surface area (Å²) in [6.45, 7) is 4.76. The van der Waals surface area contributed by atoms with Gasteiger partial charge in [0.25, 0.3) is 6.29 Å². The van der Waals surface area contributed by atoms with E-state index >= 15 is 0 Å². The van der Waals surface area contributed by atoms with Crippen molar-refractivity contribution in [2.75, 3.05) is 47.5 Å². The van der Waals surface area contributed by atoms with Crippen LogP contribution < -0.4 is 0 Å². The van der Waals surface area contributed by atoms with Gasteiger partial charge in [-0.15, -0.1) is 0 Å². The zero-order valence-corrected chi connectivity index (χ0v) is 48.2. The number of allylic oxidation sites excluding steroid dienone is 16. The largest absolute Gasteiger partial charge is 0.477 e. The highest BCUT2D eigenvalue weighted by atomic mass is 16.7. The minimum Gasteiger partial charge on any atom is -0.477 e. The quantitative estimate of drug-likeness (QED) is 0.0211. The molecular weight excluding hydrogens is 923 g/mol. The molecule has 0 aliphatic carbocycles. The first-order valence-corrected chi connectivity index (χ1v) is 29.9. The van der Waals surface area contributed by atoms with Gasteiger partial charge in [-0.3, -0.25) is 9.59 Å². The number of carboxylic acids is 1. The molecule has 2 atom stereocenters. The molecule has 0 radical (unpaired) electrons. The first-order valence-electron chi connectivity index (χ1n) is 29.9. The molecule has 0 saturated carbocycles. The Balaban J connectivity index is 4.10. The summed E-state index contributed by atoms with van der Waals surface area (Å²) in [5.74, 6) is -2.01. The topological polar surface area (TPSA) is 108 Å². The van der Waals surface area contributed by atoms with Crippen LogP contribution >= 0.6 is 0 Å². The van der Waals surface area contributed by atoms with Gasteiger partial charge < -0.3 is 28.5 Å². The Kier molecular flexibility index (Phi) is 52.6. The van der Waals surface area contributed by atoms with Gasteiger partial charge >= 0.3 is 17.9 Å². The van der Waals surface area contributed by atoms with Gasteiger partial charge in [-0.1, -0.05) is 246 Å². The lowest BCUT2D eigenvalue weighted by Gasteiger charge is -2.25. The van der Waals surface area contributed by atoms with Crippen molar-refractivity contribution >= 4 is 17.9 Å². The normalized spacial score (nSPS) is 13.5. The average molecular weight is 1040 g/mol. The van der Waals surface area contributed by atoms with Crippen LogP contribution in [-0.4, -0.2) is 87.4 Å². The predicted octanol–water partition coefficient (Wildman–Crippen LogP) is 17.7. The molecule has 424 valence electrons. The average Bonchev–Trinajstić information content (AvgIpc) is 3.37. The summed E-state index contributed by atoms with van der Waals surface area (Å²) in [7, 11) is 5.96. The number of unbranched alkanes of at least 4 members (excludes halogenated alkanes) is 23. The second-order valence-corrected chi connectivity index (χ2v) is 20.9. The van der Waals surface area contributed by atoms with Gasteiger partial charge in [-0.25, -0.2) is 4.79 Å². The van der Waals surface area contributed by atoms with E-state index in [9.17, 15) is 19.5 Å². The fourth-order valence-corrected chi connectivity index (χ4v) is 8.03. The Morgan fingerprint density at radius 2 is 0.770 bits per heavy atom. The Morgan fingerprint density at radius 3 is 1.15 bits per heavy atom. The van der Waals surface area contributed by atoms with Crippen molar-refractivity contribution in [3.63, 3.8) is 0 Å². The number of esters is 2. The van der Waals surface area contributed by atoms with Crippen LogP contribution in [0.3, 0.4) is 0 Å². The highest BCUT2D eigenvalue weighted by Crippen LogP contribution is 2.16. The summed E-state index contributed by atoms with van der Waals surface area (Å²) in [6.07, 6.45) is 72.1. The molecule has 2 unspecified atom stereocenters. The van der Waals surface area contributed by atoms with Crippen molar-refractivity contribution in [1.82, 2.24) is 0 Å². The lowest BCUT2D eigenvalue weighted by Crippen LogP contribution is -2.40. The summed E-state index contributed by atoms with van der Waals surface area (Å²) in [5.41, 5.74) is 0. The number of aliphatic carboxylic acids is 1. The van der Waals surface area contributed by atoms with E-state index in [2.05, 4.69) is 111 Å². The summed E-state index contributed by atoms with van der Waals surface area (Å²) in [4.78, 5) is 37.3. The number of carboxylic acid groups (broad SMARTS) is 1. The maximum Gasteiger partial charge on any atom is 0.361 e.